The van der Waals surface area contributed by atoms with E-state index in [-0.39, 0.29) is 55.8 Å². The van der Waals surface area contributed by atoms with Crippen molar-refractivity contribution in [3.8, 4) is 0 Å². The summed E-state index contributed by atoms with van der Waals surface area (Å²) in [5, 5.41) is 22.9. The molecule has 0 fully saturated rings. The maximum Gasteiger partial charge on any atom is 0.0702 e. The van der Waals surface area contributed by atoms with Gasteiger partial charge in [-0.3, -0.25) is 9.98 Å². The predicted molar refractivity (Wildman–Crippen MR) is 336 cm³/mol. The van der Waals surface area contributed by atoms with Crippen LogP contribution in [-0.4, -0.2) is 11.4 Å². The molecule has 78 heavy (non-hydrogen) atoms. The van der Waals surface area contributed by atoms with E-state index in [9.17, 15) is 0 Å². The van der Waals surface area contributed by atoms with Gasteiger partial charge in [-0.05, 0) is 80.4 Å². The Labute approximate surface area is 500 Å². The summed E-state index contributed by atoms with van der Waals surface area (Å²) in [7, 11) is 0. The van der Waals surface area contributed by atoms with Gasteiger partial charge in [0, 0.05) is 67.2 Å². The molecule has 0 heterocycles. The van der Waals surface area contributed by atoms with Crippen molar-refractivity contribution in [2.75, 3.05) is 0 Å². The van der Waals surface area contributed by atoms with Crippen LogP contribution in [0.3, 0.4) is 0 Å². The first-order valence-electron chi connectivity index (χ1n) is 28.7. The van der Waals surface area contributed by atoms with Gasteiger partial charge in [-0.25, -0.2) is 0 Å². The van der Waals surface area contributed by atoms with Gasteiger partial charge in [-0.2, -0.15) is 11.4 Å². The third-order valence-corrected chi connectivity index (χ3v) is 13.9. The average molecular weight is 1140 g/mol. The van der Waals surface area contributed by atoms with Crippen molar-refractivity contribution in [1.82, 2.24) is 0 Å². The largest absolute Gasteiger partial charge is 0.660 e. The Bertz CT molecular complexity index is 2370. The van der Waals surface area contributed by atoms with Gasteiger partial charge < -0.3 is 10.6 Å². The molecule has 0 radical (unpaired) electrons. The fourth-order valence-corrected chi connectivity index (χ4v) is 8.97. The Morgan fingerprint density at radius 1 is 0.333 bits per heavy atom. The zero-order chi connectivity index (χ0) is 58.6. The summed E-state index contributed by atoms with van der Waals surface area (Å²) in [5.41, 5.74) is 18.7. The number of benzene rings is 4. The Morgan fingerprint density at radius 3 is 0.667 bits per heavy atom. The summed E-state index contributed by atoms with van der Waals surface area (Å²) >= 11 is 0. The molecule has 0 aliphatic rings. The van der Waals surface area contributed by atoms with Crippen molar-refractivity contribution < 1.29 is 34.1 Å². The van der Waals surface area contributed by atoms with Crippen molar-refractivity contribution in [2.45, 2.75) is 241 Å². The first-order valence-corrected chi connectivity index (χ1v) is 28.7. The monoisotopic (exact) mass is 1140 g/mol. The number of allylic oxidation sites excluding steroid dienone is 4. The van der Waals surface area contributed by atoms with Crippen molar-refractivity contribution >= 4 is 34.2 Å². The second kappa shape index (κ2) is 31.1. The minimum absolute atomic E-state index is 0. The van der Waals surface area contributed by atoms with Crippen LogP contribution in [0.2, 0.25) is 0 Å². The Hall–Kier alpha value is -4.24. The van der Waals surface area contributed by atoms with Crippen LogP contribution in [0.5, 0.6) is 0 Å². The molecule has 0 bridgehead atoms. The summed E-state index contributed by atoms with van der Waals surface area (Å²) in [6.45, 7) is 63.3. The number of aliphatic imine (C=N–C) groups is 2. The van der Waals surface area contributed by atoms with E-state index in [1.807, 2.05) is 0 Å². The third kappa shape index (κ3) is 20.7. The smallest absolute Gasteiger partial charge is 0.0702 e. The minimum Gasteiger partial charge on any atom is -0.660 e. The zero-order valence-electron chi connectivity index (χ0n) is 54.1. The fourth-order valence-electron chi connectivity index (χ4n) is 8.97. The topological polar surface area (TPSA) is 100 Å². The van der Waals surface area contributed by atoms with Gasteiger partial charge in [0.2, 0.25) is 0 Å². The Morgan fingerprint density at radius 2 is 0.513 bits per heavy atom. The number of para-hydroxylation sites is 4. The second-order valence-corrected chi connectivity index (χ2v) is 27.7. The van der Waals surface area contributed by atoms with Crippen molar-refractivity contribution in [3.63, 3.8) is 0 Å². The molecule has 0 aliphatic heterocycles. The number of rotatable bonds is 16. The minimum atomic E-state index is -0.136. The van der Waals surface area contributed by atoms with Gasteiger partial charge in [0.25, 0.3) is 0 Å². The van der Waals surface area contributed by atoms with Gasteiger partial charge in [-0.1, -0.05) is 301 Å². The van der Waals surface area contributed by atoms with Crippen LogP contribution in [0.1, 0.15) is 286 Å². The van der Waals surface area contributed by atoms with Gasteiger partial charge in [0.15, 0.2) is 0 Å². The molecule has 0 N–H and O–H groups in total. The second-order valence-electron chi connectivity index (χ2n) is 27.7. The van der Waals surface area contributed by atoms with Crippen molar-refractivity contribution in [1.29, 1.82) is 10.8 Å². The Kier molecular flexibility index (Phi) is 29.4. The molecular weight excluding hydrogens is 1040 g/mol. The number of hydrogen-bond acceptors (Lipinski definition) is 4. The molecule has 0 atom stereocenters. The van der Waals surface area contributed by atoms with E-state index in [1.54, 1.807) is 0 Å². The quantitative estimate of drug-likeness (QED) is 0.0634. The van der Waals surface area contributed by atoms with E-state index >= 15 is 0 Å². The van der Waals surface area contributed by atoms with E-state index in [1.165, 1.54) is 44.5 Å². The van der Waals surface area contributed by atoms with Crippen LogP contribution in [0.25, 0.3) is 10.6 Å². The molecule has 4 rings (SSSR count). The fraction of sp³-hybridized carbons (Fsp3) is 0.571. The maximum atomic E-state index is 6.00. The predicted octanol–water partition coefficient (Wildman–Crippen LogP) is 23.9. The van der Waals surface area contributed by atoms with Gasteiger partial charge in [0.1, 0.15) is 0 Å². The molecule has 4 aromatic rings. The van der Waals surface area contributed by atoms with Crippen LogP contribution < -0.4 is 0 Å². The van der Waals surface area contributed by atoms with Crippen LogP contribution in [0, 0.1) is 32.4 Å². The maximum absolute atomic E-state index is 6.00. The first kappa shape index (κ1) is 73.8. The van der Waals surface area contributed by atoms with Crippen LogP contribution in [0.15, 0.2) is 106 Å². The average Bonchev–Trinajstić information content (AvgIpc) is 3.29. The summed E-state index contributed by atoms with van der Waals surface area (Å²) in [6, 6.07) is 26.6. The summed E-state index contributed by atoms with van der Waals surface area (Å²) in [6.07, 6.45) is 4.56. The van der Waals surface area contributed by atoms with Crippen molar-refractivity contribution in [3.05, 3.63) is 151 Å². The van der Waals surface area contributed by atoms with Gasteiger partial charge in [0.05, 0.1) is 11.4 Å². The standard InChI is InChI=1S/2C35H53N2.2Fe.N2/c2*1-22(2)26-17-15-18-27(23(3)4)32(26)36-30(34(9,10)11)21-31(35(12,13)14)37-33-28(24(5)6)19-16-20-29(33)25(7)8;;;1-2/h2*15-25H,1-14H3;;;/q2*-1;;;/b2*30-21-,37-31?;;;. The molecule has 6 nitrogen and oxygen atoms in total. The van der Waals surface area contributed by atoms with E-state index in [4.69, 9.17) is 31.4 Å². The molecule has 0 saturated carbocycles. The molecule has 4 aromatic carbocycles. The van der Waals surface area contributed by atoms with Crippen LogP contribution in [0.4, 0.5) is 22.7 Å². The Balaban J connectivity index is 0.00000144. The number of hydrogen-bond donors (Lipinski definition) is 0. The molecule has 8 heteroatoms. The molecule has 0 aliphatic carbocycles. The van der Waals surface area contributed by atoms with E-state index in [0.717, 1.165) is 45.6 Å². The van der Waals surface area contributed by atoms with Crippen molar-refractivity contribution in [2.24, 2.45) is 31.6 Å². The summed E-state index contributed by atoms with van der Waals surface area (Å²) in [4.78, 5) is 10.9. The molecule has 0 aromatic heterocycles. The molecule has 0 spiro atoms. The van der Waals surface area contributed by atoms with Crippen LogP contribution in [-0.2, 0) is 34.1 Å². The SMILES string of the molecule is CC(C)c1cccc(C(C)C)c1N=C(/C=C(\[N-]c1c(C(C)C)cccc1C(C)C)C(C)(C)C)C(C)(C)C.CC(C)c1cccc(C(C)C)c1N=C(/C=C(\[N-]c1c(C(C)C)cccc1C(C)C)C(C)(C)C)C(C)(C)C.N#N.[Fe].[Fe]. The zero-order valence-corrected chi connectivity index (χ0v) is 56.3. The van der Waals surface area contributed by atoms with E-state index in [2.05, 4.69) is 279 Å². The van der Waals surface area contributed by atoms with Gasteiger partial charge in [-0.15, -0.1) is 11.4 Å². The normalized spacial score (nSPS) is 13.2. The first-order chi connectivity index (χ1) is 34.9. The third-order valence-electron chi connectivity index (χ3n) is 13.9. The summed E-state index contributed by atoms with van der Waals surface area (Å²) in [5.74, 6) is 3.23. The molecule has 0 unspecified atom stereocenters. The van der Waals surface area contributed by atoms with Gasteiger partial charge >= 0.3 is 0 Å². The molecular formula is C70H106Fe2N6-2. The molecule has 0 saturated heterocycles. The van der Waals surface area contributed by atoms with Crippen LogP contribution >= 0.6 is 0 Å². The molecule has 0 amide bonds. The number of nitrogens with zero attached hydrogens (tertiary/aromatic N) is 6. The van der Waals surface area contributed by atoms with E-state index in [0.29, 0.717) is 47.3 Å². The molecule has 434 valence electrons. The van der Waals surface area contributed by atoms with E-state index < -0.39 is 0 Å². The summed E-state index contributed by atoms with van der Waals surface area (Å²) < 4.78 is 0.